The lowest BCUT2D eigenvalue weighted by atomic mass is 10.1. The molecular weight excluding hydrogens is 368 g/mol. The van der Waals surface area contributed by atoms with Crippen LogP contribution in [0.4, 0.5) is 11.5 Å². The Hall–Kier alpha value is -2.87. The van der Waals surface area contributed by atoms with Crippen molar-refractivity contribution < 1.29 is 0 Å². The first-order chi connectivity index (χ1) is 12.7. The maximum Gasteiger partial charge on any atom is 0.166 e. The monoisotopic (exact) mass is 382 g/mol. The van der Waals surface area contributed by atoms with Crippen LogP contribution in [-0.4, -0.2) is 10.8 Å². The minimum Gasteiger partial charge on any atom is -0.339 e. The van der Waals surface area contributed by atoms with Crippen LogP contribution in [0.1, 0.15) is 5.56 Å². The van der Waals surface area contributed by atoms with Gasteiger partial charge in [-0.05, 0) is 35.7 Å². The van der Waals surface area contributed by atoms with Gasteiger partial charge in [0.2, 0.25) is 0 Å². The van der Waals surface area contributed by atoms with Gasteiger partial charge in [0.05, 0.1) is 10.2 Å². The molecule has 0 fully saturated rings. The van der Waals surface area contributed by atoms with Gasteiger partial charge in [-0.25, -0.2) is 10.8 Å². The molecule has 0 aliphatic carbocycles. The van der Waals surface area contributed by atoms with E-state index < -0.39 is 0 Å². The molecule has 2 heterocycles. The molecule has 26 heavy (non-hydrogen) atoms. The number of hydrogen-bond donors (Lipinski definition) is 4. The SMILES string of the molecule is N/N=C(\NN)c1ccc2c(c1)nc(Nc1cccc(Cl)c1)c1sccc12. The number of nitrogens with zero attached hydrogens (tertiary/aromatic N) is 2. The summed E-state index contributed by atoms with van der Waals surface area (Å²) in [5, 5.41) is 11.9. The number of hydrazine groups is 1. The van der Waals surface area contributed by atoms with Gasteiger partial charge in [-0.15, -0.1) is 11.3 Å². The van der Waals surface area contributed by atoms with Crippen molar-refractivity contribution in [2.45, 2.75) is 0 Å². The van der Waals surface area contributed by atoms with Gasteiger partial charge in [-0.1, -0.05) is 29.8 Å². The van der Waals surface area contributed by atoms with Crippen molar-refractivity contribution in [3.8, 4) is 0 Å². The molecule has 4 rings (SSSR count). The van der Waals surface area contributed by atoms with Crippen molar-refractivity contribution in [1.29, 1.82) is 0 Å². The van der Waals surface area contributed by atoms with Gasteiger partial charge in [0.15, 0.2) is 5.84 Å². The van der Waals surface area contributed by atoms with Gasteiger partial charge in [0.1, 0.15) is 5.82 Å². The number of nitrogens with two attached hydrogens (primary N) is 2. The average Bonchev–Trinajstić information content (AvgIpc) is 3.13. The van der Waals surface area contributed by atoms with Crippen LogP contribution < -0.4 is 22.4 Å². The van der Waals surface area contributed by atoms with Gasteiger partial charge < -0.3 is 16.6 Å². The lowest BCUT2D eigenvalue weighted by Gasteiger charge is -2.11. The molecule has 4 aromatic rings. The number of nitrogens with one attached hydrogen (secondary N) is 2. The lowest BCUT2D eigenvalue weighted by molar-refractivity contribution is 1.00. The molecule has 0 aliphatic heterocycles. The molecule has 0 atom stereocenters. The maximum absolute atomic E-state index is 6.09. The molecule has 0 unspecified atom stereocenters. The number of hydrogen-bond acceptors (Lipinski definition) is 6. The zero-order valence-corrected chi connectivity index (χ0v) is 15.1. The summed E-state index contributed by atoms with van der Waals surface area (Å²) in [5.74, 6) is 12.0. The van der Waals surface area contributed by atoms with Crippen LogP contribution in [-0.2, 0) is 0 Å². The normalized spacial score (nSPS) is 11.8. The smallest absolute Gasteiger partial charge is 0.166 e. The highest BCUT2D eigenvalue weighted by atomic mass is 35.5. The van der Waals surface area contributed by atoms with Crippen LogP contribution in [0.5, 0.6) is 0 Å². The van der Waals surface area contributed by atoms with Crippen LogP contribution in [0.25, 0.3) is 21.0 Å². The second-order valence-electron chi connectivity index (χ2n) is 5.61. The number of rotatable bonds is 3. The topological polar surface area (TPSA) is 101 Å². The second-order valence-corrected chi connectivity index (χ2v) is 6.97. The van der Waals surface area contributed by atoms with E-state index in [2.05, 4.69) is 27.3 Å². The summed E-state index contributed by atoms with van der Waals surface area (Å²) in [6.45, 7) is 0. The average molecular weight is 383 g/mol. The van der Waals surface area contributed by atoms with Crippen molar-refractivity contribution >= 4 is 61.3 Å². The van der Waals surface area contributed by atoms with E-state index in [0.717, 1.165) is 38.1 Å². The number of aromatic nitrogens is 1. The third kappa shape index (κ3) is 2.92. The predicted octanol–water partition coefficient (Wildman–Crippen LogP) is 3.93. The number of amidine groups is 1. The van der Waals surface area contributed by atoms with E-state index in [1.165, 1.54) is 0 Å². The molecule has 0 radical (unpaired) electrons. The second kappa shape index (κ2) is 6.80. The maximum atomic E-state index is 6.09. The minimum absolute atomic E-state index is 0.392. The molecule has 130 valence electrons. The van der Waals surface area contributed by atoms with E-state index in [9.17, 15) is 0 Å². The Morgan fingerprint density at radius 2 is 2.00 bits per heavy atom. The van der Waals surface area contributed by atoms with Crippen LogP contribution >= 0.6 is 22.9 Å². The fourth-order valence-electron chi connectivity index (χ4n) is 2.86. The van der Waals surface area contributed by atoms with E-state index in [1.54, 1.807) is 11.3 Å². The quantitative estimate of drug-likeness (QED) is 0.186. The summed E-state index contributed by atoms with van der Waals surface area (Å²) in [5.41, 5.74) is 4.95. The number of benzene rings is 2. The molecule has 0 aliphatic rings. The van der Waals surface area contributed by atoms with Crippen molar-refractivity contribution in [1.82, 2.24) is 10.4 Å². The summed E-state index contributed by atoms with van der Waals surface area (Å²) in [6, 6.07) is 15.4. The Labute approximate surface area is 158 Å². The van der Waals surface area contributed by atoms with E-state index in [4.69, 9.17) is 28.3 Å². The molecular formula is C18H15ClN6S. The molecule has 0 amide bonds. The Kier molecular flexibility index (Phi) is 4.34. The summed E-state index contributed by atoms with van der Waals surface area (Å²) < 4.78 is 1.08. The first-order valence-electron chi connectivity index (χ1n) is 7.78. The van der Waals surface area contributed by atoms with E-state index >= 15 is 0 Å². The van der Waals surface area contributed by atoms with Crippen molar-refractivity contribution in [2.24, 2.45) is 16.8 Å². The van der Waals surface area contributed by atoms with Crippen molar-refractivity contribution in [3.05, 3.63) is 64.5 Å². The molecule has 0 bridgehead atoms. The largest absolute Gasteiger partial charge is 0.339 e. The first-order valence-corrected chi connectivity index (χ1v) is 9.04. The van der Waals surface area contributed by atoms with Crippen LogP contribution in [0.15, 0.2) is 59.0 Å². The van der Waals surface area contributed by atoms with Gasteiger partial charge in [0.25, 0.3) is 0 Å². The molecule has 8 heteroatoms. The fraction of sp³-hybridized carbons (Fsp3) is 0. The number of hydrazone groups is 1. The third-order valence-electron chi connectivity index (χ3n) is 4.03. The van der Waals surface area contributed by atoms with Gasteiger partial charge in [0, 0.05) is 27.0 Å². The highest BCUT2D eigenvalue weighted by molar-refractivity contribution is 7.18. The molecule has 2 aromatic heterocycles. The van der Waals surface area contributed by atoms with Crippen molar-refractivity contribution in [3.63, 3.8) is 0 Å². The number of anilines is 2. The third-order valence-corrected chi connectivity index (χ3v) is 5.18. The Morgan fingerprint density at radius 1 is 1.12 bits per heavy atom. The van der Waals surface area contributed by atoms with Gasteiger partial charge in [-0.3, -0.25) is 0 Å². The van der Waals surface area contributed by atoms with E-state index in [-0.39, 0.29) is 0 Å². The van der Waals surface area contributed by atoms with E-state index in [0.29, 0.717) is 10.9 Å². The summed E-state index contributed by atoms with van der Waals surface area (Å²) >= 11 is 7.73. The minimum atomic E-state index is 0.392. The zero-order chi connectivity index (χ0) is 18.1. The molecule has 0 saturated heterocycles. The van der Waals surface area contributed by atoms with Crippen molar-refractivity contribution in [2.75, 3.05) is 5.32 Å². The zero-order valence-electron chi connectivity index (χ0n) is 13.5. The molecule has 6 nitrogen and oxygen atoms in total. The summed E-state index contributed by atoms with van der Waals surface area (Å²) in [6.07, 6.45) is 0. The first kappa shape index (κ1) is 16.6. The number of pyridine rings is 1. The fourth-order valence-corrected chi connectivity index (χ4v) is 3.90. The Bertz CT molecular complexity index is 1140. The predicted molar refractivity (Wildman–Crippen MR) is 110 cm³/mol. The van der Waals surface area contributed by atoms with Crippen LogP contribution in [0.2, 0.25) is 5.02 Å². The molecule has 0 spiro atoms. The number of thiophene rings is 1. The van der Waals surface area contributed by atoms with Crippen LogP contribution in [0.3, 0.4) is 0 Å². The lowest BCUT2D eigenvalue weighted by Crippen LogP contribution is -2.32. The van der Waals surface area contributed by atoms with E-state index in [1.807, 2.05) is 42.5 Å². The molecule has 2 aromatic carbocycles. The van der Waals surface area contributed by atoms with Gasteiger partial charge in [-0.2, -0.15) is 5.10 Å². The summed E-state index contributed by atoms with van der Waals surface area (Å²) in [7, 11) is 0. The molecule has 6 N–H and O–H groups in total. The number of halogens is 1. The van der Waals surface area contributed by atoms with Crippen LogP contribution in [0, 0.1) is 0 Å². The Balaban J connectivity index is 1.89. The van der Waals surface area contributed by atoms with Gasteiger partial charge >= 0.3 is 0 Å². The number of fused-ring (bicyclic) bond motifs is 3. The standard InChI is InChI=1S/C18H15ClN6S/c19-11-2-1-3-12(9-11)22-18-16-14(6-7-26-16)13-5-4-10(8-15(13)23-18)17(24-20)25-21/h1-9H,20-21H2,(H,22,23)(H,24,25). The highest BCUT2D eigenvalue weighted by Gasteiger charge is 2.12. The Morgan fingerprint density at radius 3 is 2.77 bits per heavy atom. The summed E-state index contributed by atoms with van der Waals surface area (Å²) in [4.78, 5) is 4.80. The molecule has 0 saturated carbocycles. The highest BCUT2D eigenvalue weighted by Crippen LogP contribution is 2.35.